The summed E-state index contributed by atoms with van der Waals surface area (Å²) in [4.78, 5) is 23.8. The minimum atomic E-state index is -1.28. The first-order valence-corrected chi connectivity index (χ1v) is 8.15. The normalized spacial score (nSPS) is 24.7. The average molecular weight is 327 g/mol. The minimum absolute atomic E-state index is 0.433. The molecule has 5 N–H and O–H groups in total. The van der Waals surface area contributed by atoms with E-state index in [0.29, 0.717) is 12.6 Å². The maximum atomic E-state index is 12.0. The zero-order valence-corrected chi connectivity index (χ0v) is 13.3. The molecular weight excluding hydrogens is 306 g/mol. The Kier molecular flexibility index (Phi) is 5.36. The molecule has 0 saturated heterocycles. The van der Waals surface area contributed by atoms with Crippen LogP contribution in [-0.2, 0) is 14.3 Å². The standard InChI is InChI=1S/C14H21N3O4S/c1-2-7-16-14(21-13(20)9(15)8-12(18)19)17-10-5-3-4-6-11(10)22-14/h8,16-17H,2-7,15H2,1H3,(H,18,19)/b9-8-. The SMILES string of the molecule is CCCNC1(OC(=O)/C(N)=C/C(=O)O)NC2=C(CCCC2)S1. The third kappa shape index (κ3) is 3.95. The fraction of sp³-hybridized carbons (Fsp3) is 0.571. The van der Waals surface area contributed by atoms with Gasteiger partial charge in [0.05, 0.1) is 6.08 Å². The molecule has 0 aromatic heterocycles. The van der Waals surface area contributed by atoms with Crippen molar-refractivity contribution in [2.45, 2.75) is 44.2 Å². The highest BCUT2D eigenvalue weighted by Crippen LogP contribution is 2.44. The Morgan fingerprint density at radius 2 is 2.23 bits per heavy atom. The molecule has 22 heavy (non-hydrogen) atoms. The van der Waals surface area contributed by atoms with Crippen molar-refractivity contribution in [3.8, 4) is 0 Å². The van der Waals surface area contributed by atoms with Gasteiger partial charge in [-0.1, -0.05) is 6.92 Å². The van der Waals surface area contributed by atoms with E-state index in [1.165, 1.54) is 16.7 Å². The summed E-state index contributed by atoms with van der Waals surface area (Å²) >= 11 is 1.43. The topological polar surface area (TPSA) is 114 Å². The Morgan fingerprint density at radius 3 is 2.86 bits per heavy atom. The van der Waals surface area contributed by atoms with Gasteiger partial charge in [0.1, 0.15) is 5.70 Å². The number of carboxylic acid groups (broad SMARTS) is 1. The molecule has 0 saturated carbocycles. The van der Waals surface area contributed by atoms with Gasteiger partial charge < -0.3 is 20.9 Å². The van der Waals surface area contributed by atoms with Crippen molar-refractivity contribution < 1.29 is 19.4 Å². The number of allylic oxidation sites excluding steroid dienone is 2. The van der Waals surface area contributed by atoms with E-state index < -0.39 is 22.8 Å². The molecule has 2 aliphatic rings. The molecule has 0 fully saturated rings. The summed E-state index contributed by atoms with van der Waals surface area (Å²) in [6.45, 7) is 2.66. The lowest BCUT2D eigenvalue weighted by Crippen LogP contribution is -2.55. The van der Waals surface area contributed by atoms with Crippen LogP contribution in [0.1, 0.15) is 39.0 Å². The second-order valence-electron chi connectivity index (χ2n) is 5.21. The van der Waals surface area contributed by atoms with Crippen molar-refractivity contribution in [1.29, 1.82) is 0 Å². The van der Waals surface area contributed by atoms with Gasteiger partial charge in [-0.25, -0.2) is 9.59 Å². The Labute approximate surface area is 133 Å². The predicted octanol–water partition coefficient (Wildman–Crippen LogP) is 1.19. The second kappa shape index (κ2) is 7.06. The Balaban J connectivity index is 2.11. The van der Waals surface area contributed by atoms with Crippen LogP contribution >= 0.6 is 11.8 Å². The number of hydrogen-bond acceptors (Lipinski definition) is 7. The van der Waals surface area contributed by atoms with E-state index in [2.05, 4.69) is 10.6 Å². The Hall–Kier alpha value is -1.67. The van der Waals surface area contributed by atoms with Gasteiger partial charge in [0.2, 0.25) is 0 Å². The van der Waals surface area contributed by atoms with Crippen molar-refractivity contribution in [2.75, 3.05) is 6.54 Å². The molecule has 0 amide bonds. The van der Waals surface area contributed by atoms with E-state index in [0.717, 1.165) is 37.8 Å². The number of aliphatic carboxylic acids is 1. The third-order valence-electron chi connectivity index (χ3n) is 3.36. The summed E-state index contributed by atoms with van der Waals surface area (Å²) in [6, 6.07) is 0. The number of carboxylic acids is 1. The van der Waals surface area contributed by atoms with Crippen molar-refractivity contribution in [3.05, 3.63) is 22.4 Å². The van der Waals surface area contributed by atoms with Crippen LogP contribution in [0.15, 0.2) is 22.4 Å². The first-order valence-electron chi connectivity index (χ1n) is 7.33. The van der Waals surface area contributed by atoms with Crippen molar-refractivity contribution >= 4 is 23.7 Å². The van der Waals surface area contributed by atoms with Crippen molar-refractivity contribution in [1.82, 2.24) is 10.6 Å². The predicted molar refractivity (Wildman–Crippen MR) is 83.2 cm³/mol. The average Bonchev–Trinajstić information content (AvgIpc) is 2.82. The molecule has 0 aromatic rings. The number of esters is 1. The van der Waals surface area contributed by atoms with Crippen LogP contribution in [0.25, 0.3) is 0 Å². The number of carbonyl (C=O) groups is 2. The first-order chi connectivity index (χ1) is 10.5. The summed E-state index contributed by atoms with van der Waals surface area (Å²) in [5, 5.41) is 14.0. The summed E-state index contributed by atoms with van der Waals surface area (Å²) in [7, 11) is 0. The number of rotatable bonds is 6. The Morgan fingerprint density at radius 1 is 1.50 bits per heavy atom. The molecule has 1 heterocycles. The van der Waals surface area contributed by atoms with Crippen LogP contribution in [0, 0.1) is 0 Å². The number of carbonyl (C=O) groups excluding carboxylic acids is 1. The quantitative estimate of drug-likeness (QED) is 0.327. The lowest BCUT2D eigenvalue weighted by atomic mass is 10.0. The van der Waals surface area contributed by atoms with E-state index >= 15 is 0 Å². The van der Waals surface area contributed by atoms with E-state index in [-0.39, 0.29) is 0 Å². The molecule has 122 valence electrons. The highest BCUT2D eigenvalue weighted by Gasteiger charge is 2.43. The lowest BCUT2D eigenvalue weighted by molar-refractivity contribution is -0.151. The van der Waals surface area contributed by atoms with Gasteiger partial charge >= 0.3 is 11.9 Å². The molecule has 1 unspecified atom stereocenters. The summed E-state index contributed by atoms with van der Waals surface area (Å²) in [5.41, 5.74) is 6.12. The van der Waals surface area contributed by atoms with Crippen molar-refractivity contribution in [2.24, 2.45) is 5.73 Å². The van der Waals surface area contributed by atoms with E-state index in [1.807, 2.05) is 6.92 Å². The van der Waals surface area contributed by atoms with Crippen LogP contribution in [0.3, 0.4) is 0 Å². The van der Waals surface area contributed by atoms with Gasteiger partial charge in [-0.15, -0.1) is 0 Å². The number of nitrogens with one attached hydrogen (secondary N) is 2. The van der Waals surface area contributed by atoms with Gasteiger partial charge in [0, 0.05) is 17.1 Å². The van der Waals surface area contributed by atoms with Crippen LogP contribution in [0.5, 0.6) is 0 Å². The van der Waals surface area contributed by atoms with Crippen LogP contribution in [-0.4, -0.2) is 28.8 Å². The van der Waals surface area contributed by atoms with Gasteiger partial charge in [0.15, 0.2) is 0 Å². The fourth-order valence-electron chi connectivity index (χ4n) is 2.35. The third-order valence-corrected chi connectivity index (χ3v) is 4.67. The smallest absolute Gasteiger partial charge is 0.358 e. The van der Waals surface area contributed by atoms with Gasteiger partial charge in [-0.2, -0.15) is 0 Å². The number of nitrogens with two attached hydrogens (primary N) is 1. The number of thioether (sulfide) groups is 1. The highest BCUT2D eigenvalue weighted by atomic mass is 32.2. The Bertz CT molecular complexity index is 512. The molecule has 1 atom stereocenters. The monoisotopic (exact) mass is 327 g/mol. The molecule has 7 nitrogen and oxygen atoms in total. The number of ether oxygens (including phenoxy) is 1. The molecule has 2 rings (SSSR count). The molecule has 0 aromatic carbocycles. The first kappa shape index (κ1) is 16.7. The molecular formula is C14H21N3O4S. The van der Waals surface area contributed by atoms with Crippen LogP contribution < -0.4 is 16.4 Å². The fourth-order valence-corrected chi connectivity index (χ4v) is 3.69. The van der Waals surface area contributed by atoms with Crippen molar-refractivity contribution in [3.63, 3.8) is 0 Å². The second-order valence-corrected chi connectivity index (χ2v) is 6.48. The molecule has 1 aliphatic heterocycles. The highest BCUT2D eigenvalue weighted by molar-refractivity contribution is 8.04. The van der Waals surface area contributed by atoms with E-state index in [1.54, 1.807) is 0 Å². The zero-order valence-electron chi connectivity index (χ0n) is 12.5. The molecule has 0 radical (unpaired) electrons. The van der Waals surface area contributed by atoms with Gasteiger partial charge in [0.25, 0.3) is 5.18 Å². The number of hydrogen-bond donors (Lipinski definition) is 4. The van der Waals surface area contributed by atoms with E-state index in [9.17, 15) is 9.59 Å². The van der Waals surface area contributed by atoms with Gasteiger partial charge in [-0.3, -0.25) is 5.32 Å². The maximum absolute atomic E-state index is 12.0. The lowest BCUT2D eigenvalue weighted by Gasteiger charge is -2.30. The summed E-state index contributed by atoms with van der Waals surface area (Å²) in [5.74, 6) is -2.14. The molecule has 0 spiro atoms. The molecule has 0 bridgehead atoms. The maximum Gasteiger partial charge on any atom is 0.358 e. The molecule has 1 aliphatic carbocycles. The zero-order chi connectivity index (χ0) is 16.2. The molecule has 8 heteroatoms. The summed E-state index contributed by atoms with van der Waals surface area (Å²) in [6.07, 6.45) is 5.61. The van der Waals surface area contributed by atoms with Crippen LogP contribution in [0.2, 0.25) is 0 Å². The minimum Gasteiger partial charge on any atom is -0.478 e. The summed E-state index contributed by atoms with van der Waals surface area (Å²) < 4.78 is 5.46. The largest absolute Gasteiger partial charge is 0.478 e. The van der Waals surface area contributed by atoms with Gasteiger partial charge in [-0.05, 0) is 43.9 Å². The van der Waals surface area contributed by atoms with Crippen LogP contribution in [0.4, 0.5) is 0 Å². The van der Waals surface area contributed by atoms with E-state index in [4.69, 9.17) is 15.6 Å².